The molecule has 1 atom stereocenters. The number of benzene rings is 1. The van der Waals surface area contributed by atoms with Gasteiger partial charge in [-0.15, -0.1) is 0 Å². The van der Waals surface area contributed by atoms with Crippen LogP contribution in [0.15, 0.2) is 24.3 Å². The Balaban J connectivity index is 2.60. The van der Waals surface area contributed by atoms with E-state index in [1.54, 1.807) is 24.3 Å². The molecule has 0 amide bonds. The van der Waals surface area contributed by atoms with E-state index in [0.717, 1.165) is 0 Å². The lowest BCUT2D eigenvalue weighted by Crippen LogP contribution is -2.26. The Labute approximate surface area is 107 Å². The molecule has 1 aromatic carbocycles. The van der Waals surface area contributed by atoms with Gasteiger partial charge in [0.15, 0.2) is 0 Å². The van der Waals surface area contributed by atoms with Crippen LogP contribution in [0.4, 0.5) is 0 Å². The van der Waals surface area contributed by atoms with E-state index in [4.69, 9.17) is 15.1 Å². The molecule has 1 unspecified atom stereocenters. The fourth-order valence-electron chi connectivity index (χ4n) is 1.48. The highest BCUT2D eigenvalue weighted by Crippen LogP contribution is 2.15. The van der Waals surface area contributed by atoms with Crippen LogP contribution < -0.4 is 9.88 Å². The van der Waals surface area contributed by atoms with E-state index in [0.29, 0.717) is 17.7 Å². The first-order valence-electron chi connectivity index (χ1n) is 5.58. The summed E-state index contributed by atoms with van der Waals surface area (Å²) in [6.45, 7) is 2.15. The van der Waals surface area contributed by atoms with E-state index in [9.17, 15) is 8.42 Å². The van der Waals surface area contributed by atoms with Crippen molar-refractivity contribution in [2.45, 2.75) is 13.3 Å². The van der Waals surface area contributed by atoms with Crippen molar-refractivity contribution >= 4 is 10.0 Å². The maximum Gasteiger partial charge on any atom is 0.209 e. The Morgan fingerprint density at radius 3 is 2.78 bits per heavy atom. The zero-order chi connectivity index (χ0) is 13.6. The molecule has 0 aliphatic rings. The highest BCUT2D eigenvalue weighted by molar-refractivity contribution is 7.89. The molecule has 0 aliphatic heterocycles. The first-order valence-corrected chi connectivity index (χ1v) is 7.29. The van der Waals surface area contributed by atoms with E-state index >= 15 is 0 Å². The van der Waals surface area contributed by atoms with Crippen molar-refractivity contribution in [3.8, 4) is 11.8 Å². The van der Waals surface area contributed by atoms with Crippen LogP contribution >= 0.6 is 0 Å². The fraction of sp³-hybridized carbons (Fsp3) is 0.417. The smallest absolute Gasteiger partial charge is 0.209 e. The van der Waals surface area contributed by atoms with Crippen molar-refractivity contribution in [1.82, 2.24) is 0 Å². The Kier molecular flexibility index (Phi) is 5.13. The van der Waals surface area contributed by atoms with Gasteiger partial charge in [0.2, 0.25) is 10.0 Å². The van der Waals surface area contributed by atoms with Crippen LogP contribution in [0.25, 0.3) is 0 Å². The summed E-state index contributed by atoms with van der Waals surface area (Å²) in [6, 6.07) is 8.74. The van der Waals surface area contributed by atoms with Crippen LogP contribution in [0.3, 0.4) is 0 Å². The summed E-state index contributed by atoms with van der Waals surface area (Å²) in [4.78, 5) is 0. The first-order chi connectivity index (χ1) is 8.44. The lowest BCUT2D eigenvalue weighted by atomic mass is 10.1. The van der Waals surface area contributed by atoms with Crippen molar-refractivity contribution in [2.75, 3.05) is 12.4 Å². The molecule has 0 saturated carbocycles. The number of primary sulfonamides is 1. The summed E-state index contributed by atoms with van der Waals surface area (Å²) in [5.41, 5.74) is 0.506. The molecule has 1 aromatic rings. The van der Waals surface area contributed by atoms with Gasteiger partial charge in [-0.3, -0.25) is 0 Å². The second kappa shape index (κ2) is 6.38. The van der Waals surface area contributed by atoms with Crippen molar-refractivity contribution < 1.29 is 13.2 Å². The van der Waals surface area contributed by atoms with Gasteiger partial charge in [-0.05, 0) is 24.6 Å². The summed E-state index contributed by atoms with van der Waals surface area (Å²) >= 11 is 0. The number of nitrogens with zero attached hydrogens (tertiary/aromatic N) is 1. The van der Waals surface area contributed by atoms with Crippen LogP contribution in [-0.2, 0) is 10.0 Å². The minimum atomic E-state index is -3.48. The van der Waals surface area contributed by atoms with Gasteiger partial charge < -0.3 is 4.74 Å². The van der Waals surface area contributed by atoms with Crippen molar-refractivity contribution in [1.29, 1.82) is 5.26 Å². The minimum absolute atomic E-state index is 0.0958. The van der Waals surface area contributed by atoms with E-state index in [2.05, 4.69) is 0 Å². The topological polar surface area (TPSA) is 93.2 Å². The number of sulfonamides is 1. The van der Waals surface area contributed by atoms with Crippen LogP contribution in [0, 0.1) is 17.2 Å². The molecule has 18 heavy (non-hydrogen) atoms. The molecule has 98 valence electrons. The molecule has 0 fully saturated rings. The largest absolute Gasteiger partial charge is 0.493 e. The zero-order valence-electron chi connectivity index (χ0n) is 10.2. The molecule has 0 radical (unpaired) electrons. The van der Waals surface area contributed by atoms with Crippen LogP contribution in [0.1, 0.15) is 18.9 Å². The number of rotatable bonds is 6. The number of hydrogen-bond acceptors (Lipinski definition) is 4. The highest BCUT2D eigenvalue weighted by atomic mass is 32.2. The van der Waals surface area contributed by atoms with E-state index < -0.39 is 10.0 Å². The molecule has 0 heterocycles. The molecule has 0 spiro atoms. The van der Waals surface area contributed by atoms with Gasteiger partial charge >= 0.3 is 0 Å². The number of hydrogen-bond donors (Lipinski definition) is 1. The predicted octanol–water partition coefficient (Wildman–Crippen LogP) is 1.25. The maximum atomic E-state index is 11.0. The van der Waals surface area contributed by atoms with Gasteiger partial charge in [0.05, 0.1) is 24.0 Å². The highest BCUT2D eigenvalue weighted by Gasteiger charge is 2.14. The number of nitriles is 1. The second-order valence-electron chi connectivity index (χ2n) is 4.05. The SMILES string of the molecule is CCC(COc1cccc(C#N)c1)CS(N)(=O)=O. The average Bonchev–Trinajstić information content (AvgIpc) is 2.33. The van der Waals surface area contributed by atoms with Crippen molar-refractivity contribution in [3.63, 3.8) is 0 Å². The molecule has 5 nitrogen and oxygen atoms in total. The predicted molar refractivity (Wildman–Crippen MR) is 68.4 cm³/mol. The van der Waals surface area contributed by atoms with Crippen LogP contribution in [0.5, 0.6) is 5.75 Å². The van der Waals surface area contributed by atoms with Gasteiger partial charge in [-0.2, -0.15) is 5.26 Å². The number of ether oxygens (including phenoxy) is 1. The first kappa shape index (κ1) is 14.5. The molecule has 6 heteroatoms. The molecule has 0 saturated heterocycles. The molecular weight excluding hydrogens is 252 g/mol. The molecule has 2 N–H and O–H groups in total. The van der Waals surface area contributed by atoms with Crippen LogP contribution in [-0.4, -0.2) is 20.8 Å². The summed E-state index contributed by atoms with van der Waals surface area (Å²) in [5, 5.41) is 13.7. The Bertz CT molecular complexity index is 534. The van der Waals surface area contributed by atoms with Crippen molar-refractivity contribution in [2.24, 2.45) is 11.1 Å². The molecular formula is C12H16N2O3S. The quantitative estimate of drug-likeness (QED) is 0.840. The van der Waals surface area contributed by atoms with Gasteiger partial charge in [-0.1, -0.05) is 13.0 Å². The van der Waals surface area contributed by atoms with E-state index in [-0.39, 0.29) is 18.3 Å². The Hall–Kier alpha value is -1.58. The normalized spacial score (nSPS) is 12.7. The summed E-state index contributed by atoms with van der Waals surface area (Å²) in [7, 11) is -3.48. The molecule has 1 rings (SSSR count). The van der Waals surface area contributed by atoms with Gasteiger partial charge in [-0.25, -0.2) is 13.6 Å². The zero-order valence-corrected chi connectivity index (χ0v) is 11.0. The third kappa shape index (κ3) is 5.17. The average molecular weight is 268 g/mol. The maximum absolute atomic E-state index is 11.0. The summed E-state index contributed by atoms with van der Waals surface area (Å²) < 4.78 is 27.5. The van der Waals surface area contributed by atoms with E-state index in [1.165, 1.54) is 0 Å². The standard InChI is InChI=1S/C12H16N2O3S/c1-2-10(9-18(14,15)16)8-17-12-5-3-4-11(6-12)7-13/h3-6,10H,2,8-9H2,1H3,(H2,14,15,16). The monoisotopic (exact) mass is 268 g/mol. The molecule has 0 bridgehead atoms. The molecule has 0 aromatic heterocycles. The Morgan fingerprint density at radius 2 is 2.22 bits per heavy atom. The van der Waals surface area contributed by atoms with Crippen LogP contribution in [0.2, 0.25) is 0 Å². The Morgan fingerprint density at radius 1 is 1.50 bits per heavy atom. The second-order valence-corrected chi connectivity index (χ2v) is 5.71. The third-order valence-corrected chi connectivity index (χ3v) is 3.43. The molecule has 0 aliphatic carbocycles. The summed E-state index contributed by atoms with van der Waals surface area (Å²) in [6.07, 6.45) is 0.661. The lowest BCUT2D eigenvalue weighted by Gasteiger charge is -2.14. The fourth-order valence-corrected chi connectivity index (χ4v) is 2.47. The van der Waals surface area contributed by atoms with E-state index in [1.807, 2.05) is 13.0 Å². The van der Waals surface area contributed by atoms with Gasteiger partial charge in [0, 0.05) is 5.92 Å². The van der Waals surface area contributed by atoms with Gasteiger partial charge in [0.25, 0.3) is 0 Å². The summed E-state index contributed by atoms with van der Waals surface area (Å²) in [5.74, 6) is 0.314. The third-order valence-electron chi connectivity index (χ3n) is 2.49. The number of nitrogens with two attached hydrogens (primary N) is 1. The van der Waals surface area contributed by atoms with Crippen molar-refractivity contribution in [3.05, 3.63) is 29.8 Å². The lowest BCUT2D eigenvalue weighted by molar-refractivity contribution is 0.257. The minimum Gasteiger partial charge on any atom is -0.493 e. The van der Waals surface area contributed by atoms with Gasteiger partial charge in [0.1, 0.15) is 5.75 Å².